The van der Waals surface area contributed by atoms with Gasteiger partial charge in [-0.3, -0.25) is 4.79 Å². The van der Waals surface area contributed by atoms with Crippen molar-refractivity contribution < 1.29 is 4.79 Å². The monoisotopic (exact) mass is 386 g/mol. The summed E-state index contributed by atoms with van der Waals surface area (Å²) in [7, 11) is 0. The molecular weight excluding hydrogens is 364 g/mol. The summed E-state index contributed by atoms with van der Waals surface area (Å²) in [6, 6.07) is 10.0. The van der Waals surface area contributed by atoms with Crippen molar-refractivity contribution in [1.29, 1.82) is 0 Å². The Morgan fingerprint density at radius 1 is 1.23 bits per heavy atom. The predicted molar refractivity (Wildman–Crippen MR) is 109 cm³/mol. The molecule has 1 amide bonds. The Hall–Kier alpha value is -2.12. The minimum Gasteiger partial charge on any atom is -0.325 e. The number of amides is 1. The molecule has 3 rings (SSSR count). The molecule has 0 unspecified atom stereocenters. The van der Waals surface area contributed by atoms with Crippen molar-refractivity contribution in [3.8, 4) is 10.7 Å². The topological polar surface area (TPSA) is 59.8 Å². The number of carbonyl (C=O) groups excluding carboxylic acids is 1. The Bertz CT molecular complexity index is 882. The molecule has 26 heavy (non-hydrogen) atoms. The number of rotatable bonds is 6. The highest BCUT2D eigenvalue weighted by atomic mass is 32.2. The lowest BCUT2D eigenvalue weighted by molar-refractivity contribution is -0.115. The van der Waals surface area contributed by atoms with E-state index in [9.17, 15) is 4.79 Å². The number of anilines is 1. The van der Waals surface area contributed by atoms with Crippen LogP contribution in [0.1, 0.15) is 25.0 Å². The smallest absolute Gasteiger partial charge is 0.237 e. The van der Waals surface area contributed by atoms with Gasteiger partial charge in [-0.15, -0.1) is 21.5 Å². The van der Waals surface area contributed by atoms with E-state index in [1.807, 2.05) is 56.5 Å². The van der Waals surface area contributed by atoms with Gasteiger partial charge in [-0.25, -0.2) is 0 Å². The van der Waals surface area contributed by atoms with E-state index in [2.05, 4.69) is 27.0 Å². The summed E-state index contributed by atoms with van der Waals surface area (Å²) in [5.41, 5.74) is 3.01. The Labute approximate surface area is 161 Å². The second-order valence-electron chi connectivity index (χ2n) is 6.04. The largest absolute Gasteiger partial charge is 0.325 e. The number of thiophene rings is 1. The van der Waals surface area contributed by atoms with Gasteiger partial charge in [0, 0.05) is 12.2 Å². The van der Waals surface area contributed by atoms with Gasteiger partial charge in [0.05, 0.1) is 10.1 Å². The van der Waals surface area contributed by atoms with Crippen molar-refractivity contribution in [3.05, 3.63) is 46.8 Å². The zero-order chi connectivity index (χ0) is 18.7. The number of aryl methyl sites for hydroxylation is 2. The van der Waals surface area contributed by atoms with E-state index in [1.165, 1.54) is 11.8 Å². The lowest BCUT2D eigenvalue weighted by Gasteiger charge is -2.15. The molecule has 1 atom stereocenters. The van der Waals surface area contributed by atoms with Gasteiger partial charge in [0.15, 0.2) is 11.0 Å². The number of nitrogens with one attached hydrogen (secondary N) is 1. The van der Waals surface area contributed by atoms with Crippen LogP contribution in [0.15, 0.2) is 40.9 Å². The van der Waals surface area contributed by atoms with Gasteiger partial charge in [-0.2, -0.15) is 0 Å². The molecule has 0 saturated heterocycles. The van der Waals surface area contributed by atoms with E-state index >= 15 is 0 Å². The highest BCUT2D eigenvalue weighted by Crippen LogP contribution is 2.30. The highest BCUT2D eigenvalue weighted by Gasteiger charge is 2.21. The number of nitrogens with zero attached hydrogens (tertiary/aromatic N) is 3. The van der Waals surface area contributed by atoms with Crippen LogP contribution in [-0.2, 0) is 11.3 Å². The van der Waals surface area contributed by atoms with Crippen LogP contribution >= 0.6 is 23.1 Å². The van der Waals surface area contributed by atoms with Gasteiger partial charge in [-0.05, 0) is 50.3 Å². The van der Waals surface area contributed by atoms with Gasteiger partial charge in [-0.1, -0.05) is 36.0 Å². The summed E-state index contributed by atoms with van der Waals surface area (Å²) in [6.07, 6.45) is 0. The maximum Gasteiger partial charge on any atom is 0.237 e. The van der Waals surface area contributed by atoms with E-state index in [-0.39, 0.29) is 11.2 Å². The van der Waals surface area contributed by atoms with Crippen LogP contribution in [0, 0.1) is 13.8 Å². The Kier molecular flexibility index (Phi) is 5.78. The normalized spacial score (nSPS) is 12.2. The Morgan fingerprint density at radius 2 is 1.96 bits per heavy atom. The first kappa shape index (κ1) is 18.7. The van der Waals surface area contributed by atoms with Crippen molar-refractivity contribution in [3.63, 3.8) is 0 Å². The molecule has 0 fully saturated rings. The van der Waals surface area contributed by atoms with Crippen molar-refractivity contribution >= 4 is 34.7 Å². The summed E-state index contributed by atoms with van der Waals surface area (Å²) >= 11 is 3.07. The molecule has 0 aliphatic rings. The first-order valence-electron chi connectivity index (χ1n) is 8.52. The number of benzene rings is 1. The first-order valence-corrected chi connectivity index (χ1v) is 10.3. The number of carbonyl (C=O) groups is 1. The highest BCUT2D eigenvalue weighted by molar-refractivity contribution is 8.00. The molecule has 0 bridgehead atoms. The van der Waals surface area contributed by atoms with Crippen LogP contribution in [0.2, 0.25) is 0 Å². The van der Waals surface area contributed by atoms with Gasteiger partial charge in [0.25, 0.3) is 0 Å². The molecule has 0 aliphatic carbocycles. The Morgan fingerprint density at radius 3 is 2.58 bits per heavy atom. The number of hydrogen-bond donors (Lipinski definition) is 1. The molecule has 0 saturated carbocycles. The average molecular weight is 387 g/mol. The quantitative estimate of drug-likeness (QED) is 0.620. The fourth-order valence-corrected chi connectivity index (χ4v) is 4.33. The minimum absolute atomic E-state index is 0.0317. The number of para-hydroxylation sites is 1. The zero-order valence-corrected chi connectivity index (χ0v) is 16.9. The molecule has 7 heteroatoms. The number of hydrogen-bond acceptors (Lipinski definition) is 5. The second-order valence-corrected chi connectivity index (χ2v) is 8.30. The Balaban J connectivity index is 1.76. The molecule has 0 aliphatic heterocycles. The maximum absolute atomic E-state index is 12.7. The third-order valence-electron chi connectivity index (χ3n) is 4.16. The summed E-state index contributed by atoms with van der Waals surface area (Å²) in [5.74, 6) is 0.822. The summed E-state index contributed by atoms with van der Waals surface area (Å²) in [4.78, 5) is 13.8. The molecule has 2 heterocycles. The molecule has 5 nitrogen and oxygen atoms in total. The molecule has 1 N–H and O–H groups in total. The SMILES string of the molecule is CCn1c(S[C@H](C)C(=O)Nc2c(C)cccc2C)nnc1-c1cccs1. The van der Waals surface area contributed by atoms with Gasteiger partial charge in [0.2, 0.25) is 5.91 Å². The van der Waals surface area contributed by atoms with Crippen molar-refractivity contribution in [2.75, 3.05) is 5.32 Å². The third kappa shape index (κ3) is 3.83. The molecule has 136 valence electrons. The van der Waals surface area contributed by atoms with E-state index in [0.717, 1.165) is 39.2 Å². The average Bonchev–Trinajstić information content (AvgIpc) is 3.27. The minimum atomic E-state index is -0.278. The van der Waals surface area contributed by atoms with Crippen molar-refractivity contribution in [2.24, 2.45) is 0 Å². The molecule has 0 spiro atoms. The number of thioether (sulfide) groups is 1. The fourth-order valence-electron chi connectivity index (χ4n) is 2.70. The van der Waals surface area contributed by atoms with Gasteiger partial charge >= 0.3 is 0 Å². The van der Waals surface area contributed by atoms with Crippen molar-refractivity contribution in [1.82, 2.24) is 14.8 Å². The van der Waals surface area contributed by atoms with Crippen LogP contribution in [0.5, 0.6) is 0 Å². The lowest BCUT2D eigenvalue weighted by atomic mass is 10.1. The third-order valence-corrected chi connectivity index (χ3v) is 6.10. The van der Waals surface area contributed by atoms with Crippen LogP contribution in [-0.4, -0.2) is 25.9 Å². The molecule has 3 aromatic rings. The van der Waals surface area contributed by atoms with E-state index in [1.54, 1.807) is 11.3 Å². The van der Waals surface area contributed by atoms with Gasteiger partial charge in [0.1, 0.15) is 0 Å². The van der Waals surface area contributed by atoms with Crippen LogP contribution in [0.3, 0.4) is 0 Å². The van der Waals surface area contributed by atoms with Gasteiger partial charge < -0.3 is 9.88 Å². The van der Waals surface area contributed by atoms with E-state index < -0.39 is 0 Å². The summed E-state index contributed by atoms with van der Waals surface area (Å²) in [5, 5.41) is 14.2. The predicted octanol–water partition coefficient (Wildman–Crippen LogP) is 4.76. The summed E-state index contributed by atoms with van der Waals surface area (Å²) in [6.45, 7) is 8.72. The molecule has 1 aromatic carbocycles. The standard InChI is InChI=1S/C19H22N4OS2/c1-5-23-17(15-10-7-11-25-15)21-22-19(23)26-14(4)18(24)20-16-12(2)8-6-9-13(16)3/h6-11,14H,5H2,1-4H3,(H,20,24)/t14-/m1/s1. The van der Waals surface area contributed by atoms with E-state index in [4.69, 9.17) is 0 Å². The summed E-state index contributed by atoms with van der Waals surface area (Å²) < 4.78 is 2.05. The lowest BCUT2D eigenvalue weighted by Crippen LogP contribution is -2.23. The van der Waals surface area contributed by atoms with E-state index in [0.29, 0.717) is 0 Å². The molecule has 0 radical (unpaired) electrons. The zero-order valence-electron chi connectivity index (χ0n) is 15.3. The fraction of sp³-hybridized carbons (Fsp3) is 0.316. The van der Waals surface area contributed by atoms with Crippen molar-refractivity contribution in [2.45, 2.75) is 44.6 Å². The molecule has 2 aromatic heterocycles. The maximum atomic E-state index is 12.7. The number of aromatic nitrogens is 3. The van der Waals surface area contributed by atoms with Crippen LogP contribution in [0.4, 0.5) is 5.69 Å². The molecular formula is C19H22N4OS2. The van der Waals surface area contributed by atoms with Crippen LogP contribution in [0.25, 0.3) is 10.7 Å². The van der Waals surface area contributed by atoms with Crippen LogP contribution < -0.4 is 5.32 Å². The second kappa shape index (κ2) is 8.05. The first-order chi connectivity index (χ1) is 12.5.